The second kappa shape index (κ2) is 4.12. The molecule has 1 aliphatic heterocycles. The number of fused-ring (bicyclic) bond motifs is 2. The maximum Gasteiger partial charge on any atom is 0.411 e. The number of piperidine rings is 1. The Morgan fingerprint density at radius 1 is 1.28 bits per heavy atom. The highest BCUT2D eigenvalue weighted by atomic mass is 16.6. The van der Waals surface area contributed by atoms with Crippen molar-refractivity contribution >= 4 is 12.1 Å². The number of nitrogens with zero attached hydrogens (tertiary/aromatic N) is 1. The van der Waals surface area contributed by atoms with Crippen molar-refractivity contribution in [3.8, 4) is 0 Å². The van der Waals surface area contributed by atoms with E-state index in [2.05, 4.69) is 0 Å². The summed E-state index contributed by atoms with van der Waals surface area (Å²) >= 11 is 0. The number of carboxylic acid groups (broad SMARTS) is 1. The Balaban J connectivity index is 2.17. The molecule has 1 saturated heterocycles. The maximum atomic E-state index is 12.0. The average Bonchev–Trinajstić information content (AvgIpc) is 2.69. The molecular formula is C12H19NO5. The van der Waals surface area contributed by atoms with Gasteiger partial charge >= 0.3 is 12.1 Å². The van der Waals surface area contributed by atoms with Crippen molar-refractivity contribution in [2.45, 2.75) is 57.4 Å². The average molecular weight is 257 g/mol. The van der Waals surface area contributed by atoms with E-state index in [0.29, 0.717) is 12.8 Å². The highest BCUT2D eigenvalue weighted by Crippen LogP contribution is 2.43. The molecule has 102 valence electrons. The molecule has 6 heteroatoms. The van der Waals surface area contributed by atoms with Crippen molar-refractivity contribution in [2.24, 2.45) is 5.92 Å². The summed E-state index contributed by atoms with van der Waals surface area (Å²) in [5.41, 5.74) is -0.652. The summed E-state index contributed by atoms with van der Waals surface area (Å²) in [6.45, 7) is 5.22. The van der Waals surface area contributed by atoms with E-state index in [-0.39, 0.29) is 12.0 Å². The summed E-state index contributed by atoms with van der Waals surface area (Å²) in [6.07, 6.45) is -0.255. The van der Waals surface area contributed by atoms with Crippen LogP contribution in [0, 0.1) is 5.92 Å². The molecule has 0 radical (unpaired) electrons. The summed E-state index contributed by atoms with van der Waals surface area (Å²) in [5, 5.41) is 18.9. The molecule has 2 fully saturated rings. The number of likely N-dealkylation sites (tertiary alicyclic amines) is 1. The highest BCUT2D eigenvalue weighted by molar-refractivity contribution is 5.82. The van der Waals surface area contributed by atoms with E-state index in [1.807, 2.05) is 0 Å². The predicted molar refractivity (Wildman–Crippen MR) is 62.0 cm³/mol. The number of hydrogen-bond acceptors (Lipinski definition) is 4. The molecule has 1 amide bonds. The molecule has 2 bridgehead atoms. The monoisotopic (exact) mass is 257 g/mol. The minimum absolute atomic E-state index is 0.221. The second-order valence-corrected chi connectivity index (χ2v) is 6.03. The van der Waals surface area contributed by atoms with Gasteiger partial charge in [-0.25, -0.2) is 9.59 Å². The first-order valence-corrected chi connectivity index (χ1v) is 6.13. The number of ether oxygens (including phenoxy) is 1. The maximum absolute atomic E-state index is 12.0. The number of aliphatic hydroxyl groups excluding tert-OH is 1. The zero-order valence-electron chi connectivity index (χ0n) is 10.8. The van der Waals surface area contributed by atoms with Crippen molar-refractivity contribution < 1.29 is 24.5 Å². The molecule has 0 aromatic rings. The minimum Gasteiger partial charge on any atom is -0.480 e. The number of rotatable bonds is 1. The van der Waals surface area contributed by atoms with Gasteiger partial charge in [-0.3, -0.25) is 4.90 Å². The molecule has 0 unspecified atom stereocenters. The van der Waals surface area contributed by atoms with Crippen LogP contribution in [-0.4, -0.2) is 51.0 Å². The zero-order valence-corrected chi connectivity index (χ0v) is 10.8. The first-order chi connectivity index (χ1) is 8.20. The van der Waals surface area contributed by atoms with Crippen LogP contribution in [0.15, 0.2) is 0 Å². The van der Waals surface area contributed by atoms with Gasteiger partial charge in [0.05, 0.1) is 6.10 Å². The van der Waals surface area contributed by atoms with E-state index >= 15 is 0 Å². The quantitative estimate of drug-likeness (QED) is 0.726. The number of carboxylic acids is 1. The Hall–Kier alpha value is -1.30. The molecule has 1 aliphatic carbocycles. The Bertz CT molecular complexity index is 375. The topological polar surface area (TPSA) is 87.1 Å². The van der Waals surface area contributed by atoms with Gasteiger partial charge in [0.15, 0.2) is 0 Å². The standard InChI is InChI=1S/C12H19NO5/c1-12(2,3)18-11(17)13-6-4-7(8(14)5-6)9(13)10(15)16/h6-9,14H,4-5H2,1-3H3,(H,15,16)/t6-,7+,8-,9-/m1/s1. The van der Waals surface area contributed by atoms with Crippen LogP contribution in [0.1, 0.15) is 33.6 Å². The van der Waals surface area contributed by atoms with Crippen LogP contribution in [0.25, 0.3) is 0 Å². The number of amides is 1. The summed E-state index contributed by atoms with van der Waals surface area (Å²) in [5.74, 6) is -1.45. The van der Waals surface area contributed by atoms with Gasteiger partial charge in [-0.05, 0) is 33.6 Å². The number of aliphatic carboxylic acids is 1. The normalized spacial score (nSPS) is 34.8. The van der Waals surface area contributed by atoms with Crippen LogP contribution >= 0.6 is 0 Å². The van der Waals surface area contributed by atoms with E-state index < -0.39 is 29.8 Å². The minimum atomic E-state index is -1.08. The zero-order chi connectivity index (χ0) is 13.7. The molecule has 2 aliphatic rings. The van der Waals surface area contributed by atoms with Crippen LogP contribution in [0.2, 0.25) is 0 Å². The van der Waals surface area contributed by atoms with Crippen LogP contribution in [0.4, 0.5) is 4.79 Å². The van der Waals surface area contributed by atoms with Gasteiger partial charge in [0, 0.05) is 12.0 Å². The molecule has 18 heavy (non-hydrogen) atoms. The van der Waals surface area contributed by atoms with E-state index in [1.165, 1.54) is 4.90 Å². The first kappa shape index (κ1) is 13.1. The fourth-order valence-corrected chi connectivity index (χ4v) is 2.90. The first-order valence-electron chi connectivity index (χ1n) is 6.13. The third-order valence-electron chi connectivity index (χ3n) is 3.51. The van der Waals surface area contributed by atoms with Crippen LogP contribution < -0.4 is 0 Å². The molecule has 6 nitrogen and oxygen atoms in total. The Kier molecular flexibility index (Phi) is 3.01. The summed E-state index contributed by atoms with van der Waals surface area (Å²) in [7, 11) is 0. The summed E-state index contributed by atoms with van der Waals surface area (Å²) in [4.78, 5) is 24.6. The number of carbonyl (C=O) groups is 2. The van der Waals surface area contributed by atoms with Crippen molar-refractivity contribution in [3.05, 3.63) is 0 Å². The van der Waals surface area contributed by atoms with E-state index in [4.69, 9.17) is 4.74 Å². The number of hydrogen-bond donors (Lipinski definition) is 2. The van der Waals surface area contributed by atoms with Gasteiger partial charge in [0.1, 0.15) is 11.6 Å². The Morgan fingerprint density at radius 3 is 2.39 bits per heavy atom. The van der Waals surface area contributed by atoms with Crippen molar-refractivity contribution in [2.75, 3.05) is 0 Å². The molecule has 2 N–H and O–H groups in total. The molecule has 0 aromatic carbocycles. The van der Waals surface area contributed by atoms with Gasteiger partial charge in [-0.1, -0.05) is 0 Å². The number of carbonyl (C=O) groups excluding carboxylic acids is 1. The third kappa shape index (κ3) is 2.16. The van der Waals surface area contributed by atoms with Crippen molar-refractivity contribution in [1.29, 1.82) is 0 Å². The highest BCUT2D eigenvalue weighted by Gasteiger charge is 2.56. The molecule has 2 rings (SSSR count). The Morgan fingerprint density at radius 2 is 1.89 bits per heavy atom. The van der Waals surface area contributed by atoms with E-state index in [1.54, 1.807) is 20.8 Å². The van der Waals surface area contributed by atoms with E-state index in [9.17, 15) is 19.8 Å². The van der Waals surface area contributed by atoms with Crippen LogP contribution in [-0.2, 0) is 9.53 Å². The third-order valence-corrected chi connectivity index (χ3v) is 3.51. The predicted octanol–water partition coefficient (Wildman–Crippen LogP) is 0.830. The van der Waals surface area contributed by atoms with Gasteiger partial charge in [0.2, 0.25) is 0 Å². The van der Waals surface area contributed by atoms with Crippen LogP contribution in [0.3, 0.4) is 0 Å². The summed E-state index contributed by atoms with van der Waals surface area (Å²) < 4.78 is 5.23. The van der Waals surface area contributed by atoms with Crippen molar-refractivity contribution in [1.82, 2.24) is 4.90 Å². The lowest BCUT2D eigenvalue weighted by atomic mass is 9.96. The van der Waals surface area contributed by atoms with Crippen LogP contribution in [0.5, 0.6) is 0 Å². The fourth-order valence-electron chi connectivity index (χ4n) is 2.90. The lowest BCUT2D eigenvalue weighted by Gasteiger charge is -2.35. The van der Waals surface area contributed by atoms with Crippen molar-refractivity contribution in [3.63, 3.8) is 0 Å². The lowest BCUT2D eigenvalue weighted by Crippen LogP contribution is -2.53. The second-order valence-electron chi connectivity index (χ2n) is 6.03. The summed E-state index contributed by atoms with van der Waals surface area (Å²) in [6, 6.07) is -1.19. The molecule has 1 heterocycles. The van der Waals surface area contributed by atoms with Gasteiger partial charge in [-0.15, -0.1) is 0 Å². The fraction of sp³-hybridized carbons (Fsp3) is 0.833. The van der Waals surface area contributed by atoms with E-state index in [0.717, 1.165) is 0 Å². The molecule has 4 atom stereocenters. The molecule has 1 saturated carbocycles. The smallest absolute Gasteiger partial charge is 0.411 e. The largest absolute Gasteiger partial charge is 0.480 e. The van der Waals surface area contributed by atoms with Gasteiger partial charge in [-0.2, -0.15) is 0 Å². The lowest BCUT2D eigenvalue weighted by molar-refractivity contribution is -0.147. The Labute approximate surface area is 106 Å². The molecular weight excluding hydrogens is 238 g/mol. The van der Waals surface area contributed by atoms with Gasteiger partial charge in [0.25, 0.3) is 0 Å². The molecule has 0 aromatic heterocycles. The molecule has 0 spiro atoms. The van der Waals surface area contributed by atoms with Gasteiger partial charge < -0.3 is 14.9 Å². The number of aliphatic hydroxyl groups is 1. The SMILES string of the molecule is CC(C)(C)OC(=O)N1[C@@H]2C[C@@H]([C@H](O)C2)[C@@H]1C(=O)O.